The topological polar surface area (TPSA) is 87.4 Å². The van der Waals surface area contributed by atoms with Gasteiger partial charge in [0.1, 0.15) is 0 Å². The average molecular weight is 195 g/mol. The van der Waals surface area contributed by atoms with Gasteiger partial charge in [-0.15, -0.1) is 11.8 Å². The number of hydrogen-bond donors (Lipinski definition) is 1. The molecule has 0 aromatic rings. The molecule has 0 saturated carbocycles. The van der Waals surface area contributed by atoms with Crippen molar-refractivity contribution in [2.24, 2.45) is 0 Å². The van der Waals surface area contributed by atoms with Crippen LogP contribution in [0.4, 0.5) is 0 Å². The number of hydrogen-bond acceptors (Lipinski definition) is 4. The lowest BCUT2D eigenvalue weighted by atomic mass is 10.8. The van der Waals surface area contributed by atoms with E-state index >= 15 is 0 Å². The summed E-state index contributed by atoms with van der Waals surface area (Å²) in [5, 5.41) is 7.39. The minimum atomic E-state index is -4.54. The number of allylic oxidation sites excluding steroid dienone is 1. The molecule has 1 N–H and O–H groups in total. The maximum absolute atomic E-state index is 9.34. The molecule has 0 atom stereocenters. The molecule has 0 spiro atoms. The zero-order valence-corrected chi connectivity index (χ0v) is 8.84. The summed E-state index contributed by atoms with van der Waals surface area (Å²) < 4.78 is 29.3. The van der Waals surface area contributed by atoms with Gasteiger partial charge in [-0.25, -0.2) is 0 Å². The standard InChI is InChI=1S/C3H8Si.CHNO4S/c1-2-3-4;2-1-6-7(3,4)5/h2H,1,3H2,4H3;(H,3,4,5). The van der Waals surface area contributed by atoms with E-state index in [1.54, 1.807) is 0 Å². The van der Waals surface area contributed by atoms with Crippen molar-refractivity contribution in [3.8, 4) is 6.26 Å². The monoisotopic (exact) mass is 195 g/mol. The van der Waals surface area contributed by atoms with E-state index in [-0.39, 0.29) is 0 Å². The lowest BCUT2D eigenvalue weighted by molar-refractivity contribution is 0.367. The van der Waals surface area contributed by atoms with Crippen LogP contribution in [0, 0.1) is 11.5 Å². The first-order valence-electron chi connectivity index (χ1n) is 2.63. The predicted molar refractivity (Wildman–Crippen MR) is 43.2 cm³/mol. The first-order chi connectivity index (χ1) is 4.97. The molecule has 0 amide bonds. The molecule has 0 heterocycles. The van der Waals surface area contributed by atoms with Gasteiger partial charge in [-0.2, -0.15) is 8.42 Å². The van der Waals surface area contributed by atoms with E-state index in [1.165, 1.54) is 16.3 Å². The molecule has 0 aliphatic rings. The predicted octanol–water partition coefficient (Wildman–Crippen LogP) is -0.757. The minimum Gasteiger partial charge on any atom is -0.281 e. The van der Waals surface area contributed by atoms with Crippen LogP contribution in [0.15, 0.2) is 12.7 Å². The summed E-state index contributed by atoms with van der Waals surface area (Å²) in [5.74, 6) is 0. The summed E-state index contributed by atoms with van der Waals surface area (Å²) in [5.41, 5.74) is 0. The lowest BCUT2D eigenvalue weighted by Gasteiger charge is -1.80. The molecule has 0 saturated heterocycles. The third kappa shape index (κ3) is 27.1. The quantitative estimate of drug-likeness (QED) is 0.271. The van der Waals surface area contributed by atoms with Crippen molar-refractivity contribution in [2.45, 2.75) is 6.04 Å². The highest BCUT2D eigenvalue weighted by Crippen LogP contribution is 1.78. The molecule has 0 aliphatic heterocycles. The molecule has 0 radical (unpaired) electrons. The molecule has 0 rings (SSSR count). The van der Waals surface area contributed by atoms with Crippen LogP contribution in [0.1, 0.15) is 0 Å². The Balaban J connectivity index is 0. The fourth-order valence-corrected chi connectivity index (χ4v) is 0.141. The Hall–Kier alpha value is -0.843. The number of nitriles is 1. The van der Waals surface area contributed by atoms with Crippen LogP contribution >= 0.6 is 0 Å². The van der Waals surface area contributed by atoms with E-state index in [9.17, 15) is 8.42 Å². The summed E-state index contributed by atoms with van der Waals surface area (Å²) in [7, 11) is -3.26. The van der Waals surface area contributed by atoms with Gasteiger partial charge < -0.3 is 0 Å². The van der Waals surface area contributed by atoms with Crippen LogP contribution in [0.25, 0.3) is 0 Å². The van der Waals surface area contributed by atoms with Crippen LogP contribution < -0.4 is 0 Å². The van der Waals surface area contributed by atoms with Crippen molar-refractivity contribution in [3.63, 3.8) is 0 Å². The second-order valence-corrected chi connectivity index (χ2v) is 3.14. The van der Waals surface area contributed by atoms with Gasteiger partial charge in [0.15, 0.2) is 0 Å². The maximum atomic E-state index is 9.34. The molecule has 0 fully saturated rings. The Morgan fingerprint density at radius 1 is 1.82 bits per heavy atom. The van der Waals surface area contributed by atoms with Crippen LogP contribution in [-0.2, 0) is 14.6 Å². The van der Waals surface area contributed by atoms with E-state index in [0.29, 0.717) is 0 Å². The zero-order valence-electron chi connectivity index (χ0n) is 6.02. The van der Waals surface area contributed by atoms with Gasteiger partial charge in [0.2, 0.25) is 0 Å². The fraction of sp³-hybridized carbons (Fsp3) is 0.250. The Labute approximate surface area is 68.7 Å². The minimum absolute atomic E-state index is 0.770. The largest absolute Gasteiger partial charge is 0.456 e. The van der Waals surface area contributed by atoms with E-state index in [1.807, 2.05) is 6.08 Å². The normalized spacial score (nSPS) is 8.73. The SMILES string of the molecule is C=CC[SiH3].N#COS(=O)(=O)O. The molecule has 0 aromatic heterocycles. The van der Waals surface area contributed by atoms with Crippen molar-refractivity contribution in [2.75, 3.05) is 0 Å². The average Bonchev–Trinajstić information content (AvgIpc) is 1.86. The maximum Gasteiger partial charge on any atom is 0.456 e. The fourth-order valence-electron chi connectivity index (χ4n) is 0.0471. The van der Waals surface area contributed by atoms with E-state index < -0.39 is 10.4 Å². The Morgan fingerprint density at radius 2 is 2.18 bits per heavy atom. The molecule has 5 nitrogen and oxygen atoms in total. The summed E-state index contributed by atoms with van der Waals surface area (Å²) in [6, 6.07) is 1.22. The van der Waals surface area contributed by atoms with E-state index in [2.05, 4.69) is 10.8 Å². The molecule has 64 valence electrons. The van der Waals surface area contributed by atoms with Crippen LogP contribution in [0.3, 0.4) is 0 Å². The lowest BCUT2D eigenvalue weighted by Crippen LogP contribution is -1.96. The first-order valence-corrected chi connectivity index (χ1v) is 5.41. The highest BCUT2D eigenvalue weighted by molar-refractivity contribution is 7.81. The highest BCUT2D eigenvalue weighted by Gasteiger charge is 1.99. The molecule has 0 unspecified atom stereocenters. The van der Waals surface area contributed by atoms with Crippen molar-refractivity contribution < 1.29 is 17.2 Å². The van der Waals surface area contributed by atoms with Gasteiger partial charge >= 0.3 is 16.7 Å². The van der Waals surface area contributed by atoms with Gasteiger partial charge in [0, 0.05) is 10.2 Å². The summed E-state index contributed by atoms with van der Waals surface area (Å²) in [6.45, 7) is 3.51. The molecule has 7 heteroatoms. The summed E-state index contributed by atoms with van der Waals surface area (Å²) in [4.78, 5) is 0. The van der Waals surface area contributed by atoms with E-state index in [0.717, 1.165) is 6.26 Å². The van der Waals surface area contributed by atoms with Crippen molar-refractivity contribution in [1.82, 2.24) is 0 Å². The Morgan fingerprint density at radius 3 is 2.18 bits per heavy atom. The molecule has 0 aliphatic carbocycles. The molecular formula is C4H9NO4SSi. The van der Waals surface area contributed by atoms with Crippen molar-refractivity contribution in [3.05, 3.63) is 12.7 Å². The summed E-state index contributed by atoms with van der Waals surface area (Å²) in [6.07, 6.45) is 2.71. The first kappa shape index (κ1) is 12.8. The van der Waals surface area contributed by atoms with Gasteiger partial charge in [-0.05, 0) is 6.04 Å². The third-order valence-corrected chi connectivity index (χ3v) is 1.29. The number of rotatable bonds is 2. The van der Waals surface area contributed by atoms with E-state index in [4.69, 9.17) is 9.81 Å². The third-order valence-electron chi connectivity index (χ3n) is 0.431. The molecular weight excluding hydrogens is 186 g/mol. The van der Waals surface area contributed by atoms with Crippen molar-refractivity contribution in [1.29, 1.82) is 5.26 Å². The van der Waals surface area contributed by atoms with Gasteiger partial charge in [-0.1, -0.05) is 6.08 Å². The van der Waals surface area contributed by atoms with Crippen LogP contribution in [0.5, 0.6) is 0 Å². The van der Waals surface area contributed by atoms with Gasteiger partial charge in [-0.3, -0.25) is 8.74 Å². The smallest absolute Gasteiger partial charge is 0.281 e. The van der Waals surface area contributed by atoms with Gasteiger partial charge in [0.05, 0.1) is 0 Å². The molecule has 0 aromatic carbocycles. The highest BCUT2D eigenvalue weighted by atomic mass is 32.3. The second kappa shape index (κ2) is 7.27. The summed E-state index contributed by atoms with van der Waals surface area (Å²) >= 11 is 0. The van der Waals surface area contributed by atoms with Gasteiger partial charge in [0.25, 0.3) is 0 Å². The number of nitrogens with zero attached hydrogens (tertiary/aromatic N) is 1. The Bertz CT molecular complexity index is 229. The van der Waals surface area contributed by atoms with Crippen LogP contribution in [-0.4, -0.2) is 23.2 Å². The van der Waals surface area contributed by atoms with Crippen molar-refractivity contribution >= 4 is 20.6 Å². The molecule has 0 bridgehead atoms. The Kier molecular flexibility index (Phi) is 8.46. The van der Waals surface area contributed by atoms with Crippen LogP contribution in [0.2, 0.25) is 6.04 Å². The zero-order chi connectivity index (χ0) is 9.33. The second-order valence-electron chi connectivity index (χ2n) is 1.30. The molecule has 11 heavy (non-hydrogen) atoms.